The first-order chi connectivity index (χ1) is 6.86. The van der Waals surface area contributed by atoms with Crippen molar-refractivity contribution in [3.8, 4) is 5.88 Å². The first-order valence-electron chi connectivity index (χ1n) is 5.01. The van der Waals surface area contributed by atoms with Gasteiger partial charge in [0.1, 0.15) is 0 Å². The zero-order valence-electron chi connectivity index (χ0n) is 8.79. The summed E-state index contributed by atoms with van der Waals surface area (Å²) in [5, 5.41) is 3.26. The molecular weight excluding hydrogens is 178 g/mol. The van der Waals surface area contributed by atoms with E-state index >= 15 is 0 Å². The molecule has 1 N–H and O–H groups in total. The maximum absolute atomic E-state index is 5.19. The van der Waals surface area contributed by atoms with Crippen molar-refractivity contribution in [3.05, 3.63) is 18.1 Å². The fraction of sp³-hybridized carbons (Fsp3) is 0.600. The van der Waals surface area contributed by atoms with Crippen molar-refractivity contribution in [2.75, 3.05) is 13.2 Å². The molecule has 0 aromatic carbocycles. The quantitative estimate of drug-likeness (QED) is 0.696. The molecule has 0 spiro atoms. The van der Waals surface area contributed by atoms with Gasteiger partial charge in [0.2, 0.25) is 5.88 Å². The van der Waals surface area contributed by atoms with Crippen molar-refractivity contribution < 1.29 is 4.74 Å². The van der Waals surface area contributed by atoms with Crippen LogP contribution in [-0.2, 0) is 6.54 Å². The van der Waals surface area contributed by atoms with E-state index in [1.165, 1.54) is 0 Å². The highest BCUT2D eigenvalue weighted by Crippen LogP contribution is 2.03. The summed E-state index contributed by atoms with van der Waals surface area (Å²) in [6.07, 6.45) is 4.53. The topological polar surface area (TPSA) is 47.0 Å². The second-order valence-electron chi connectivity index (χ2n) is 2.96. The van der Waals surface area contributed by atoms with Crippen LogP contribution in [0, 0.1) is 0 Å². The minimum absolute atomic E-state index is 0.590. The van der Waals surface area contributed by atoms with Gasteiger partial charge in [0.15, 0.2) is 0 Å². The van der Waals surface area contributed by atoms with Crippen molar-refractivity contribution in [1.82, 2.24) is 15.3 Å². The van der Waals surface area contributed by atoms with Gasteiger partial charge < -0.3 is 10.1 Å². The predicted octanol–water partition coefficient (Wildman–Crippen LogP) is 1.37. The zero-order chi connectivity index (χ0) is 10.2. The van der Waals surface area contributed by atoms with Gasteiger partial charge in [-0.05, 0) is 19.9 Å². The molecule has 0 saturated heterocycles. The van der Waals surface area contributed by atoms with Crippen LogP contribution in [0.3, 0.4) is 0 Å². The van der Waals surface area contributed by atoms with Gasteiger partial charge in [0.25, 0.3) is 0 Å². The molecule has 0 amide bonds. The Morgan fingerprint density at radius 2 is 2.14 bits per heavy atom. The highest BCUT2D eigenvalue weighted by Gasteiger charge is 1.96. The molecule has 78 valence electrons. The summed E-state index contributed by atoms with van der Waals surface area (Å²) in [4.78, 5) is 8.34. The van der Waals surface area contributed by atoms with Crippen molar-refractivity contribution in [3.63, 3.8) is 0 Å². The van der Waals surface area contributed by atoms with E-state index in [0.29, 0.717) is 12.5 Å². The van der Waals surface area contributed by atoms with E-state index in [0.717, 1.165) is 25.2 Å². The summed E-state index contributed by atoms with van der Waals surface area (Å²) in [6, 6.07) is 0. The molecule has 1 aromatic rings. The molecule has 0 aliphatic heterocycles. The van der Waals surface area contributed by atoms with E-state index in [-0.39, 0.29) is 0 Å². The van der Waals surface area contributed by atoms with Gasteiger partial charge >= 0.3 is 0 Å². The van der Waals surface area contributed by atoms with Gasteiger partial charge in [-0.2, -0.15) is 0 Å². The summed E-state index contributed by atoms with van der Waals surface area (Å²) in [6.45, 7) is 6.47. The Morgan fingerprint density at radius 3 is 2.71 bits per heavy atom. The fourth-order valence-corrected chi connectivity index (χ4v) is 1.05. The van der Waals surface area contributed by atoms with Crippen LogP contribution in [0.25, 0.3) is 0 Å². The summed E-state index contributed by atoms with van der Waals surface area (Å²) < 4.78 is 5.19. The first kappa shape index (κ1) is 10.9. The summed E-state index contributed by atoms with van der Waals surface area (Å²) in [5.41, 5.74) is 0.946. The Morgan fingerprint density at radius 1 is 1.29 bits per heavy atom. The maximum atomic E-state index is 5.19. The Bertz CT molecular complexity index is 248. The number of aromatic nitrogens is 2. The predicted molar refractivity (Wildman–Crippen MR) is 55.2 cm³/mol. The van der Waals surface area contributed by atoms with E-state index in [1.54, 1.807) is 12.4 Å². The molecule has 1 aromatic heterocycles. The van der Waals surface area contributed by atoms with Crippen LogP contribution in [0.4, 0.5) is 0 Å². The molecule has 14 heavy (non-hydrogen) atoms. The lowest BCUT2D eigenvalue weighted by molar-refractivity contribution is 0.324. The van der Waals surface area contributed by atoms with E-state index in [2.05, 4.69) is 22.2 Å². The third-order valence-electron chi connectivity index (χ3n) is 1.71. The minimum Gasteiger partial charge on any atom is -0.477 e. The van der Waals surface area contributed by atoms with E-state index in [9.17, 15) is 0 Å². The molecule has 0 bridgehead atoms. The second-order valence-corrected chi connectivity index (χ2v) is 2.96. The molecule has 0 aliphatic rings. The SMILES string of the molecule is CCCNCc1cnc(OCC)cn1. The van der Waals surface area contributed by atoms with Crippen molar-refractivity contribution in [2.24, 2.45) is 0 Å². The molecule has 4 heteroatoms. The smallest absolute Gasteiger partial charge is 0.232 e. The molecule has 0 aliphatic carbocycles. The van der Waals surface area contributed by atoms with Crippen LogP contribution >= 0.6 is 0 Å². The van der Waals surface area contributed by atoms with Gasteiger partial charge in [-0.3, -0.25) is 4.98 Å². The number of ether oxygens (including phenoxy) is 1. The summed E-state index contributed by atoms with van der Waals surface area (Å²) in [7, 11) is 0. The Kier molecular flexibility index (Phi) is 4.93. The largest absolute Gasteiger partial charge is 0.477 e. The third kappa shape index (κ3) is 3.70. The molecule has 4 nitrogen and oxygen atoms in total. The minimum atomic E-state index is 0.590. The van der Waals surface area contributed by atoms with Crippen molar-refractivity contribution >= 4 is 0 Å². The van der Waals surface area contributed by atoms with Crippen LogP contribution < -0.4 is 10.1 Å². The van der Waals surface area contributed by atoms with E-state index in [1.807, 2.05) is 6.92 Å². The molecule has 0 radical (unpaired) electrons. The van der Waals surface area contributed by atoms with Crippen molar-refractivity contribution in [2.45, 2.75) is 26.8 Å². The van der Waals surface area contributed by atoms with E-state index < -0.39 is 0 Å². The average Bonchev–Trinajstić information content (AvgIpc) is 2.21. The Balaban J connectivity index is 2.38. The third-order valence-corrected chi connectivity index (χ3v) is 1.71. The summed E-state index contributed by atoms with van der Waals surface area (Å²) >= 11 is 0. The van der Waals surface area contributed by atoms with Crippen LogP contribution in [0.2, 0.25) is 0 Å². The lowest BCUT2D eigenvalue weighted by atomic mass is 10.4. The highest BCUT2D eigenvalue weighted by molar-refractivity contribution is 5.06. The first-order valence-corrected chi connectivity index (χ1v) is 5.01. The fourth-order valence-electron chi connectivity index (χ4n) is 1.05. The average molecular weight is 195 g/mol. The number of hydrogen-bond donors (Lipinski definition) is 1. The second kappa shape index (κ2) is 6.32. The molecule has 0 atom stereocenters. The lowest BCUT2D eigenvalue weighted by Gasteiger charge is -2.03. The van der Waals surface area contributed by atoms with Crippen LogP contribution in [0.5, 0.6) is 5.88 Å². The number of hydrogen-bond acceptors (Lipinski definition) is 4. The Labute approximate surface area is 84.7 Å². The van der Waals surface area contributed by atoms with E-state index in [4.69, 9.17) is 4.74 Å². The van der Waals surface area contributed by atoms with Gasteiger partial charge in [-0.15, -0.1) is 0 Å². The molecule has 0 fully saturated rings. The molecule has 1 heterocycles. The van der Waals surface area contributed by atoms with Gasteiger partial charge in [-0.25, -0.2) is 4.98 Å². The molecule has 1 rings (SSSR count). The zero-order valence-corrected chi connectivity index (χ0v) is 8.79. The summed E-state index contributed by atoms with van der Waals surface area (Å²) in [5.74, 6) is 0.590. The van der Waals surface area contributed by atoms with Crippen LogP contribution in [0.1, 0.15) is 26.0 Å². The molecule has 0 saturated carbocycles. The van der Waals surface area contributed by atoms with Gasteiger partial charge in [0.05, 0.1) is 24.7 Å². The monoisotopic (exact) mass is 195 g/mol. The Hall–Kier alpha value is -1.16. The molecular formula is C10H17N3O. The number of nitrogens with one attached hydrogen (secondary N) is 1. The van der Waals surface area contributed by atoms with Crippen LogP contribution in [-0.4, -0.2) is 23.1 Å². The number of rotatable bonds is 6. The normalized spacial score (nSPS) is 10.1. The highest BCUT2D eigenvalue weighted by atomic mass is 16.5. The maximum Gasteiger partial charge on any atom is 0.232 e. The van der Waals surface area contributed by atoms with Gasteiger partial charge in [-0.1, -0.05) is 6.92 Å². The standard InChI is InChI=1S/C10H17N3O/c1-3-5-11-6-9-7-13-10(8-12-9)14-4-2/h7-8,11H,3-6H2,1-2H3. The lowest BCUT2D eigenvalue weighted by Crippen LogP contribution is -2.14. The van der Waals surface area contributed by atoms with Crippen LogP contribution in [0.15, 0.2) is 12.4 Å². The molecule has 0 unspecified atom stereocenters. The van der Waals surface area contributed by atoms with Gasteiger partial charge in [0, 0.05) is 6.54 Å². The number of nitrogens with zero attached hydrogens (tertiary/aromatic N) is 2. The van der Waals surface area contributed by atoms with Crippen molar-refractivity contribution in [1.29, 1.82) is 0 Å².